The molecule has 2 aromatic carbocycles. The molecule has 33 heavy (non-hydrogen) atoms. The zero-order chi connectivity index (χ0) is 23.8. The molecule has 0 radical (unpaired) electrons. The van der Waals surface area contributed by atoms with E-state index in [4.69, 9.17) is 4.74 Å². The molecule has 9 nitrogen and oxygen atoms in total. The lowest BCUT2D eigenvalue weighted by atomic mass is 10.2. The summed E-state index contributed by atoms with van der Waals surface area (Å²) in [4.78, 5) is 33.4. The molecule has 2 amide bonds. The predicted octanol–water partition coefficient (Wildman–Crippen LogP) is 2.31. The number of rotatable bonds is 5. The largest absolute Gasteiger partial charge is 0.482 e. The second kappa shape index (κ2) is 9.16. The van der Waals surface area contributed by atoms with Crippen LogP contribution >= 0.6 is 11.8 Å². The van der Waals surface area contributed by atoms with E-state index in [1.54, 1.807) is 35.2 Å². The summed E-state index contributed by atoms with van der Waals surface area (Å²) in [5.41, 5.74) is 0.988. The first kappa shape index (κ1) is 23.3. The van der Waals surface area contributed by atoms with Crippen molar-refractivity contribution in [2.24, 2.45) is 4.99 Å². The van der Waals surface area contributed by atoms with Gasteiger partial charge in [0, 0.05) is 25.9 Å². The van der Waals surface area contributed by atoms with Crippen molar-refractivity contribution in [2.45, 2.75) is 17.1 Å². The molecule has 0 N–H and O–H groups in total. The highest BCUT2D eigenvalue weighted by Crippen LogP contribution is 2.33. The predicted molar refractivity (Wildman–Crippen MR) is 127 cm³/mol. The number of sulfonamides is 1. The monoisotopic (exact) mass is 488 g/mol. The van der Waals surface area contributed by atoms with Gasteiger partial charge in [-0.05, 0) is 30.3 Å². The Morgan fingerprint density at radius 3 is 2.73 bits per heavy atom. The molecule has 2 aromatic rings. The highest BCUT2D eigenvalue weighted by molar-refractivity contribution is 8.14. The number of ether oxygens (including phenoxy) is 1. The number of thioether (sulfide) groups is 1. The molecule has 1 fully saturated rings. The molecule has 2 aliphatic heterocycles. The van der Waals surface area contributed by atoms with Crippen molar-refractivity contribution >= 4 is 50.1 Å². The number of amidine groups is 1. The fourth-order valence-electron chi connectivity index (χ4n) is 3.49. The summed E-state index contributed by atoms with van der Waals surface area (Å²) in [7, 11) is -0.674. The number of nitrogens with zero attached hydrogens (tertiary/aromatic N) is 4. The second-order valence-electron chi connectivity index (χ2n) is 7.85. The fraction of sp³-hybridized carbons (Fsp3) is 0.318. The van der Waals surface area contributed by atoms with Crippen LogP contribution in [0.5, 0.6) is 5.75 Å². The lowest BCUT2D eigenvalue weighted by Crippen LogP contribution is -2.46. The van der Waals surface area contributed by atoms with E-state index in [0.717, 1.165) is 4.31 Å². The second-order valence-corrected chi connectivity index (χ2v) is 11.4. The van der Waals surface area contributed by atoms with Crippen molar-refractivity contribution in [1.29, 1.82) is 0 Å². The van der Waals surface area contributed by atoms with Gasteiger partial charge in [0.2, 0.25) is 15.9 Å². The van der Waals surface area contributed by atoms with Crippen molar-refractivity contribution < 1.29 is 22.7 Å². The summed E-state index contributed by atoms with van der Waals surface area (Å²) >= 11 is 1.43. The van der Waals surface area contributed by atoms with Crippen molar-refractivity contribution in [1.82, 2.24) is 9.21 Å². The summed E-state index contributed by atoms with van der Waals surface area (Å²) in [6.45, 7) is 2.16. The van der Waals surface area contributed by atoms with E-state index in [-0.39, 0.29) is 35.1 Å². The van der Waals surface area contributed by atoms with Gasteiger partial charge in [-0.25, -0.2) is 17.7 Å². The lowest BCUT2D eigenvalue weighted by Gasteiger charge is -2.30. The van der Waals surface area contributed by atoms with Gasteiger partial charge in [0.05, 0.1) is 16.3 Å². The maximum atomic E-state index is 13.2. The zero-order valence-corrected chi connectivity index (χ0v) is 20.1. The maximum absolute atomic E-state index is 13.2. The van der Waals surface area contributed by atoms with Crippen molar-refractivity contribution in [3.05, 3.63) is 48.5 Å². The number of hydrogen-bond acceptors (Lipinski definition) is 7. The molecular formula is C22H24N4O5S2. The fourth-order valence-corrected chi connectivity index (χ4v) is 5.48. The number of carbonyl (C=O) groups excluding carboxylic acids is 2. The molecule has 2 aliphatic rings. The SMILES string of the molecule is CC1CN(C(=O)CN2C(=O)COc3ccccc32)C(=Nc2cccc(S(=O)(=O)N(C)C)c2)S1. The molecule has 0 aromatic heterocycles. The molecular weight excluding hydrogens is 464 g/mol. The number of hydrogen-bond donors (Lipinski definition) is 0. The summed E-state index contributed by atoms with van der Waals surface area (Å²) in [5.74, 6) is -0.00313. The molecule has 1 unspecified atom stereocenters. The summed E-state index contributed by atoms with van der Waals surface area (Å²) in [6, 6.07) is 13.4. The number of amides is 2. The highest BCUT2D eigenvalue weighted by Gasteiger charge is 2.34. The minimum atomic E-state index is -3.61. The maximum Gasteiger partial charge on any atom is 0.265 e. The number of anilines is 1. The zero-order valence-electron chi connectivity index (χ0n) is 18.5. The quantitative estimate of drug-likeness (QED) is 0.641. The minimum absolute atomic E-state index is 0.106. The third kappa shape index (κ3) is 4.75. The normalized spacial score (nSPS) is 19.7. The van der Waals surface area contributed by atoms with Crippen LogP contribution in [0.15, 0.2) is 58.4 Å². The average Bonchev–Trinajstić information content (AvgIpc) is 3.15. The van der Waals surface area contributed by atoms with E-state index >= 15 is 0 Å². The van der Waals surface area contributed by atoms with E-state index in [1.165, 1.54) is 42.9 Å². The lowest BCUT2D eigenvalue weighted by molar-refractivity contribution is -0.128. The van der Waals surface area contributed by atoms with Gasteiger partial charge in [-0.3, -0.25) is 19.4 Å². The number of fused-ring (bicyclic) bond motifs is 1. The first-order valence-corrected chi connectivity index (χ1v) is 12.6. The number of para-hydroxylation sites is 2. The number of benzene rings is 2. The Morgan fingerprint density at radius 1 is 1.21 bits per heavy atom. The topological polar surface area (TPSA) is 99.6 Å². The number of aliphatic imine (C=N–C) groups is 1. The van der Waals surface area contributed by atoms with Crippen LogP contribution in [-0.2, 0) is 19.6 Å². The van der Waals surface area contributed by atoms with Gasteiger partial charge in [0.25, 0.3) is 5.91 Å². The first-order valence-electron chi connectivity index (χ1n) is 10.3. The first-order chi connectivity index (χ1) is 15.7. The van der Waals surface area contributed by atoms with Gasteiger partial charge in [-0.15, -0.1) is 0 Å². The summed E-state index contributed by atoms with van der Waals surface area (Å²) in [6.07, 6.45) is 0. The minimum Gasteiger partial charge on any atom is -0.482 e. The van der Waals surface area contributed by atoms with Gasteiger partial charge in [0.1, 0.15) is 12.3 Å². The van der Waals surface area contributed by atoms with Crippen LogP contribution in [0.4, 0.5) is 11.4 Å². The third-order valence-corrected chi connectivity index (χ3v) is 8.09. The average molecular weight is 489 g/mol. The molecule has 4 rings (SSSR count). The van der Waals surface area contributed by atoms with Gasteiger partial charge >= 0.3 is 0 Å². The van der Waals surface area contributed by atoms with Gasteiger partial charge in [-0.2, -0.15) is 0 Å². The summed E-state index contributed by atoms with van der Waals surface area (Å²) < 4.78 is 31.5. The molecule has 0 aliphatic carbocycles. The Bertz CT molecular complexity index is 1230. The Labute approximate surface area is 197 Å². The Kier molecular flexibility index (Phi) is 6.46. The van der Waals surface area contributed by atoms with Crippen LogP contribution in [0.2, 0.25) is 0 Å². The Morgan fingerprint density at radius 2 is 1.97 bits per heavy atom. The van der Waals surface area contributed by atoms with E-state index < -0.39 is 10.0 Å². The van der Waals surface area contributed by atoms with Crippen molar-refractivity contribution in [3.8, 4) is 5.75 Å². The smallest absolute Gasteiger partial charge is 0.265 e. The van der Waals surface area contributed by atoms with Crippen LogP contribution in [0.3, 0.4) is 0 Å². The van der Waals surface area contributed by atoms with Gasteiger partial charge in [-0.1, -0.05) is 36.9 Å². The third-order valence-electron chi connectivity index (χ3n) is 5.20. The summed E-state index contributed by atoms with van der Waals surface area (Å²) in [5, 5.41) is 0.579. The van der Waals surface area contributed by atoms with Gasteiger partial charge < -0.3 is 4.74 Å². The molecule has 0 saturated carbocycles. The van der Waals surface area contributed by atoms with Crippen LogP contribution in [0.25, 0.3) is 0 Å². The van der Waals surface area contributed by atoms with Gasteiger partial charge in [0.15, 0.2) is 11.8 Å². The van der Waals surface area contributed by atoms with Crippen LogP contribution in [-0.4, -0.2) is 73.6 Å². The molecule has 1 atom stereocenters. The standard InChI is InChI=1S/C22H24N4O5S2/c1-15-12-26(20(27)13-25-18-9-4-5-10-19(18)31-14-21(25)28)22(32-15)23-16-7-6-8-17(11-16)33(29,30)24(2)3/h4-11,15H,12-14H2,1-3H3. The molecule has 2 heterocycles. The molecule has 1 saturated heterocycles. The Hall–Kier alpha value is -2.89. The highest BCUT2D eigenvalue weighted by atomic mass is 32.2. The van der Waals surface area contributed by atoms with E-state index in [2.05, 4.69) is 4.99 Å². The van der Waals surface area contributed by atoms with Crippen LogP contribution in [0.1, 0.15) is 6.92 Å². The molecule has 11 heteroatoms. The van der Waals surface area contributed by atoms with E-state index in [9.17, 15) is 18.0 Å². The van der Waals surface area contributed by atoms with E-state index in [1.807, 2.05) is 13.0 Å². The van der Waals surface area contributed by atoms with Crippen molar-refractivity contribution in [3.63, 3.8) is 0 Å². The number of carbonyl (C=O) groups is 2. The molecule has 174 valence electrons. The van der Waals surface area contributed by atoms with Crippen LogP contribution in [0, 0.1) is 0 Å². The van der Waals surface area contributed by atoms with Crippen molar-refractivity contribution in [2.75, 3.05) is 38.7 Å². The molecule has 0 bridgehead atoms. The molecule has 0 spiro atoms. The van der Waals surface area contributed by atoms with Crippen LogP contribution < -0.4 is 9.64 Å². The van der Waals surface area contributed by atoms with E-state index in [0.29, 0.717) is 28.8 Å². The Balaban J connectivity index is 1.60.